The fourth-order valence-electron chi connectivity index (χ4n) is 1.91. The number of fused-ring (bicyclic) bond motifs is 1. The Bertz CT molecular complexity index is 474. The molecule has 0 fully saturated rings. The Kier molecular flexibility index (Phi) is 3.85. The molecule has 4 N–H and O–H groups in total. The van der Waals surface area contributed by atoms with Gasteiger partial charge in [0.2, 0.25) is 0 Å². The third kappa shape index (κ3) is 2.51. The van der Waals surface area contributed by atoms with Crippen molar-refractivity contribution in [1.29, 1.82) is 0 Å². The molecule has 2 rings (SSSR count). The van der Waals surface area contributed by atoms with Crippen molar-refractivity contribution in [2.75, 3.05) is 31.1 Å². The first-order valence-electron chi connectivity index (χ1n) is 5.72. The number of benzene rings is 1. The second-order valence-corrected chi connectivity index (χ2v) is 3.81. The summed E-state index contributed by atoms with van der Waals surface area (Å²) in [7, 11) is 0. The molecule has 5 heteroatoms. The quantitative estimate of drug-likeness (QED) is 0.776. The maximum absolute atomic E-state index is 5.62. The monoisotopic (exact) mass is 231 g/mol. The van der Waals surface area contributed by atoms with E-state index in [2.05, 4.69) is 15.1 Å². The molecule has 1 heterocycles. The summed E-state index contributed by atoms with van der Waals surface area (Å²) in [6.45, 7) is 2.73. The first-order chi connectivity index (χ1) is 8.36. The van der Waals surface area contributed by atoms with E-state index >= 15 is 0 Å². The van der Waals surface area contributed by atoms with E-state index in [0.717, 1.165) is 29.7 Å². The molecule has 0 aliphatic carbocycles. The van der Waals surface area contributed by atoms with Gasteiger partial charge < -0.3 is 16.4 Å². The van der Waals surface area contributed by atoms with Crippen molar-refractivity contribution >= 4 is 16.6 Å². The first kappa shape index (κ1) is 11.8. The van der Waals surface area contributed by atoms with Gasteiger partial charge in [0, 0.05) is 31.6 Å². The molecule has 2 aromatic rings. The summed E-state index contributed by atoms with van der Waals surface area (Å²) >= 11 is 0. The van der Waals surface area contributed by atoms with Gasteiger partial charge in [0.25, 0.3) is 0 Å². The van der Waals surface area contributed by atoms with E-state index in [0.29, 0.717) is 13.1 Å². The maximum Gasteiger partial charge on any atom is 0.0950 e. The minimum atomic E-state index is 0.594. The van der Waals surface area contributed by atoms with Gasteiger partial charge in [0.1, 0.15) is 0 Å². The molecule has 5 nitrogen and oxygen atoms in total. The van der Waals surface area contributed by atoms with Crippen LogP contribution in [0.5, 0.6) is 0 Å². The van der Waals surface area contributed by atoms with Crippen LogP contribution in [-0.2, 0) is 0 Å². The summed E-state index contributed by atoms with van der Waals surface area (Å²) in [6.07, 6.45) is 1.77. The highest BCUT2D eigenvalue weighted by Crippen LogP contribution is 2.23. The van der Waals surface area contributed by atoms with Gasteiger partial charge in [-0.1, -0.05) is 18.2 Å². The standard InChI is InChI=1S/C12H17N5/c13-5-7-17(8-6-14)12-9-15-16-11-4-2-1-3-10(11)12/h1-4,9H,5-8,13-14H2. The third-order valence-electron chi connectivity index (χ3n) is 2.66. The molecule has 0 atom stereocenters. The van der Waals surface area contributed by atoms with Gasteiger partial charge in [-0.3, -0.25) is 0 Å². The number of aromatic nitrogens is 2. The average Bonchev–Trinajstić information content (AvgIpc) is 2.38. The summed E-state index contributed by atoms with van der Waals surface area (Å²) in [5, 5.41) is 9.22. The predicted octanol–water partition coefficient (Wildman–Crippen LogP) is 0.354. The van der Waals surface area contributed by atoms with Gasteiger partial charge in [-0.25, -0.2) is 0 Å². The van der Waals surface area contributed by atoms with Crippen molar-refractivity contribution in [1.82, 2.24) is 10.2 Å². The summed E-state index contributed by atoms with van der Waals surface area (Å²) in [5.74, 6) is 0. The average molecular weight is 231 g/mol. The molecular formula is C12H17N5. The van der Waals surface area contributed by atoms with Crippen LogP contribution >= 0.6 is 0 Å². The van der Waals surface area contributed by atoms with Crippen molar-refractivity contribution in [3.8, 4) is 0 Å². The topological polar surface area (TPSA) is 81.1 Å². The van der Waals surface area contributed by atoms with Crippen LogP contribution in [0.3, 0.4) is 0 Å². The highest BCUT2D eigenvalue weighted by Gasteiger charge is 2.09. The lowest BCUT2D eigenvalue weighted by Crippen LogP contribution is -2.34. The van der Waals surface area contributed by atoms with Gasteiger partial charge in [0.15, 0.2) is 0 Å². The molecule has 0 spiro atoms. The van der Waals surface area contributed by atoms with Crippen LogP contribution in [-0.4, -0.2) is 36.4 Å². The van der Waals surface area contributed by atoms with E-state index in [9.17, 15) is 0 Å². The molecule has 0 bridgehead atoms. The Hall–Kier alpha value is -1.72. The van der Waals surface area contributed by atoms with Crippen molar-refractivity contribution < 1.29 is 0 Å². The lowest BCUT2D eigenvalue weighted by molar-refractivity contribution is 0.781. The summed E-state index contributed by atoms with van der Waals surface area (Å²) < 4.78 is 0. The van der Waals surface area contributed by atoms with Gasteiger partial charge in [-0.2, -0.15) is 10.2 Å². The van der Waals surface area contributed by atoms with Crippen LogP contribution in [0.4, 0.5) is 5.69 Å². The fraction of sp³-hybridized carbons (Fsp3) is 0.333. The number of anilines is 1. The molecule has 17 heavy (non-hydrogen) atoms. The molecular weight excluding hydrogens is 214 g/mol. The van der Waals surface area contributed by atoms with Crippen LogP contribution in [0, 0.1) is 0 Å². The smallest absolute Gasteiger partial charge is 0.0950 e. The molecule has 0 saturated carbocycles. The molecule has 0 saturated heterocycles. The van der Waals surface area contributed by atoms with E-state index in [1.807, 2.05) is 24.3 Å². The molecule has 1 aromatic heterocycles. The number of hydrogen-bond acceptors (Lipinski definition) is 5. The minimum Gasteiger partial charge on any atom is -0.367 e. The van der Waals surface area contributed by atoms with Crippen molar-refractivity contribution in [2.24, 2.45) is 11.5 Å². The summed E-state index contributed by atoms with van der Waals surface area (Å²) in [6, 6.07) is 7.95. The van der Waals surface area contributed by atoms with Crippen LogP contribution in [0.15, 0.2) is 30.5 Å². The number of nitrogens with two attached hydrogens (primary N) is 2. The van der Waals surface area contributed by atoms with E-state index in [4.69, 9.17) is 11.5 Å². The predicted molar refractivity (Wildman–Crippen MR) is 69.9 cm³/mol. The highest BCUT2D eigenvalue weighted by atomic mass is 15.2. The first-order valence-corrected chi connectivity index (χ1v) is 5.72. The Balaban J connectivity index is 2.44. The molecule has 0 radical (unpaired) electrons. The zero-order chi connectivity index (χ0) is 12.1. The zero-order valence-corrected chi connectivity index (χ0v) is 9.71. The number of rotatable bonds is 5. The Labute approximate surface area is 100 Å². The van der Waals surface area contributed by atoms with Gasteiger partial charge >= 0.3 is 0 Å². The zero-order valence-electron chi connectivity index (χ0n) is 9.71. The highest BCUT2D eigenvalue weighted by molar-refractivity contribution is 5.90. The Morgan fingerprint density at radius 3 is 2.47 bits per heavy atom. The Morgan fingerprint density at radius 2 is 1.76 bits per heavy atom. The minimum absolute atomic E-state index is 0.594. The van der Waals surface area contributed by atoms with Crippen molar-refractivity contribution in [3.05, 3.63) is 30.5 Å². The molecule has 90 valence electrons. The molecule has 0 aliphatic rings. The summed E-state index contributed by atoms with van der Waals surface area (Å²) in [4.78, 5) is 2.15. The third-order valence-corrected chi connectivity index (χ3v) is 2.66. The van der Waals surface area contributed by atoms with Crippen LogP contribution < -0.4 is 16.4 Å². The van der Waals surface area contributed by atoms with Crippen molar-refractivity contribution in [3.63, 3.8) is 0 Å². The van der Waals surface area contributed by atoms with Crippen LogP contribution in [0.1, 0.15) is 0 Å². The summed E-state index contributed by atoms with van der Waals surface area (Å²) in [5.41, 5.74) is 13.2. The van der Waals surface area contributed by atoms with E-state index in [-0.39, 0.29) is 0 Å². The molecule has 0 aliphatic heterocycles. The van der Waals surface area contributed by atoms with E-state index in [1.54, 1.807) is 6.20 Å². The lowest BCUT2D eigenvalue weighted by Gasteiger charge is -2.24. The fourth-order valence-corrected chi connectivity index (χ4v) is 1.91. The normalized spacial score (nSPS) is 10.7. The number of nitrogens with zero attached hydrogens (tertiary/aromatic N) is 3. The molecule has 0 unspecified atom stereocenters. The van der Waals surface area contributed by atoms with Gasteiger partial charge in [0.05, 0.1) is 17.4 Å². The van der Waals surface area contributed by atoms with E-state index < -0.39 is 0 Å². The van der Waals surface area contributed by atoms with E-state index in [1.165, 1.54) is 0 Å². The second-order valence-electron chi connectivity index (χ2n) is 3.81. The second kappa shape index (κ2) is 5.56. The molecule has 1 aromatic carbocycles. The van der Waals surface area contributed by atoms with Crippen LogP contribution in [0.25, 0.3) is 10.9 Å². The Morgan fingerprint density at radius 1 is 1.06 bits per heavy atom. The lowest BCUT2D eigenvalue weighted by atomic mass is 10.2. The largest absolute Gasteiger partial charge is 0.367 e. The number of hydrogen-bond donors (Lipinski definition) is 2. The van der Waals surface area contributed by atoms with Crippen molar-refractivity contribution in [2.45, 2.75) is 0 Å². The van der Waals surface area contributed by atoms with Gasteiger partial charge in [-0.15, -0.1) is 0 Å². The van der Waals surface area contributed by atoms with Gasteiger partial charge in [-0.05, 0) is 6.07 Å². The molecule has 0 amide bonds. The maximum atomic E-state index is 5.62. The van der Waals surface area contributed by atoms with Crippen LogP contribution in [0.2, 0.25) is 0 Å². The SMILES string of the molecule is NCCN(CCN)c1cnnc2ccccc12.